The molecule has 0 saturated heterocycles. The molecule has 0 aliphatic rings. The van der Waals surface area contributed by atoms with Crippen LogP contribution in [0.25, 0.3) is 0 Å². The van der Waals surface area contributed by atoms with Crippen LogP contribution in [0.1, 0.15) is 5.56 Å². The number of aryl methyl sites for hydroxylation is 1. The topological polar surface area (TPSA) is 60.5 Å². The molecule has 0 fully saturated rings. The number of nitrogens with one attached hydrogen (secondary N) is 1. The number of methoxy groups -OCH3 is 1. The van der Waals surface area contributed by atoms with E-state index in [1.54, 1.807) is 19.4 Å². The Labute approximate surface area is 88.4 Å². The van der Waals surface area contributed by atoms with E-state index in [9.17, 15) is 4.79 Å². The lowest BCUT2D eigenvalue weighted by molar-refractivity contribution is 0.107. The molecule has 82 valence electrons. The number of hydrogen-bond donors (Lipinski definition) is 1. The summed E-state index contributed by atoms with van der Waals surface area (Å²) in [4.78, 5) is 15.1. The number of aromatic nitrogens is 1. The normalized spacial score (nSPS) is 9.73. The van der Waals surface area contributed by atoms with Crippen molar-refractivity contribution in [2.75, 3.05) is 25.6 Å². The highest BCUT2D eigenvalue weighted by Crippen LogP contribution is 2.05. The average molecular weight is 210 g/mol. The zero-order valence-corrected chi connectivity index (χ0v) is 8.82. The second-order valence-corrected chi connectivity index (χ2v) is 2.97. The maximum atomic E-state index is 11.2. The summed E-state index contributed by atoms with van der Waals surface area (Å²) in [6, 6.07) is 3.61. The molecule has 0 atom stereocenters. The average Bonchev–Trinajstić information content (AvgIpc) is 2.18. The first kappa shape index (κ1) is 11.5. The van der Waals surface area contributed by atoms with Gasteiger partial charge in [0.2, 0.25) is 0 Å². The second kappa shape index (κ2) is 5.98. The van der Waals surface area contributed by atoms with Gasteiger partial charge >= 0.3 is 6.09 Å². The van der Waals surface area contributed by atoms with Gasteiger partial charge < -0.3 is 9.47 Å². The first-order chi connectivity index (χ1) is 7.22. The molecule has 1 amide bonds. The van der Waals surface area contributed by atoms with Crippen LogP contribution in [0.5, 0.6) is 0 Å². The molecule has 1 N–H and O–H groups in total. The monoisotopic (exact) mass is 210 g/mol. The smallest absolute Gasteiger partial charge is 0.412 e. The fourth-order valence-electron chi connectivity index (χ4n) is 0.963. The van der Waals surface area contributed by atoms with E-state index < -0.39 is 6.09 Å². The Balaban J connectivity index is 2.37. The van der Waals surface area contributed by atoms with E-state index in [2.05, 4.69) is 10.3 Å². The van der Waals surface area contributed by atoms with Gasteiger partial charge in [0.15, 0.2) is 0 Å². The number of hydrogen-bond acceptors (Lipinski definition) is 4. The van der Waals surface area contributed by atoms with Crippen molar-refractivity contribution in [2.24, 2.45) is 0 Å². The maximum absolute atomic E-state index is 11.2. The van der Waals surface area contributed by atoms with Crippen LogP contribution in [0.3, 0.4) is 0 Å². The third-order valence-corrected chi connectivity index (χ3v) is 1.67. The fraction of sp³-hybridized carbons (Fsp3) is 0.400. The van der Waals surface area contributed by atoms with Crippen molar-refractivity contribution in [3.8, 4) is 0 Å². The van der Waals surface area contributed by atoms with Gasteiger partial charge in [-0.15, -0.1) is 0 Å². The zero-order valence-electron chi connectivity index (χ0n) is 8.82. The number of nitrogens with zero attached hydrogens (tertiary/aromatic N) is 1. The summed E-state index contributed by atoms with van der Waals surface area (Å²) in [7, 11) is 1.55. The third-order valence-electron chi connectivity index (χ3n) is 1.67. The Morgan fingerprint density at radius 3 is 3.00 bits per heavy atom. The summed E-state index contributed by atoms with van der Waals surface area (Å²) >= 11 is 0. The van der Waals surface area contributed by atoms with Gasteiger partial charge in [-0.25, -0.2) is 9.78 Å². The van der Waals surface area contributed by atoms with Gasteiger partial charge in [0.05, 0.1) is 6.61 Å². The van der Waals surface area contributed by atoms with E-state index in [0.717, 1.165) is 5.56 Å². The predicted octanol–water partition coefficient (Wildman–Crippen LogP) is 1.58. The first-order valence-electron chi connectivity index (χ1n) is 4.58. The number of carbonyl (C=O) groups excluding carboxylic acids is 1. The minimum atomic E-state index is -0.523. The Morgan fingerprint density at radius 2 is 2.33 bits per heavy atom. The predicted molar refractivity (Wildman–Crippen MR) is 55.8 cm³/mol. The molecular formula is C10H14N2O3. The number of ether oxygens (including phenoxy) is 2. The highest BCUT2D eigenvalue weighted by Gasteiger charge is 2.03. The Hall–Kier alpha value is -1.62. The van der Waals surface area contributed by atoms with Crippen molar-refractivity contribution in [3.05, 3.63) is 23.9 Å². The number of anilines is 1. The number of amides is 1. The van der Waals surface area contributed by atoms with E-state index in [4.69, 9.17) is 9.47 Å². The molecule has 1 heterocycles. The molecule has 0 aliphatic heterocycles. The van der Waals surface area contributed by atoms with Crippen molar-refractivity contribution >= 4 is 11.9 Å². The number of carbonyl (C=O) groups is 1. The number of rotatable bonds is 4. The van der Waals surface area contributed by atoms with Crippen LogP contribution in [0.15, 0.2) is 18.3 Å². The van der Waals surface area contributed by atoms with Crippen LogP contribution >= 0.6 is 0 Å². The third kappa shape index (κ3) is 4.42. The zero-order chi connectivity index (χ0) is 11.1. The van der Waals surface area contributed by atoms with Gasteiger partial charge in [0, 0.05) is 13.3 Å². The molecule has 15 heavy (non-hydrogen) atoms. The first-order valence-corrected chi connectivity index (χ1v) is 4.58. The van der Waals surface area contributed by atoms with Crippen LogP contribution in [0.4, 0.5) is 10.6 Å². The van der Waals surface area contributed by atoms with Crippen LogP contribution in [-0.2, 0) is 9.47 Å². The lowest BCUT2D eigenvalue weighted by Crippen LogP contribution is -2.17. The summed E-state index contributed by atoms with van der Waals surface area (Å²) in [5.41, 5.74) is 1.03. The summed E-state index contributed by atoms with van der Waals surface area (Å²) in [5.74, 6) is 0.484. The minimum absolute atomic E-state index is 0.230. The van der Waals surface area contributed by atoms with Gasteiger partial charge in [0.1, 0.15) is 12.4 Å². The standard InChI is InChI=1S/C10H14N2O3/c1-8-3-4-11-9(7-8)12-10(13)15-6-5-14-2/h3-4,7H,5-6H2,1-2H3,(H,11,12,13). The molecule has 0 spiro atoms. The molecule has 1 aromatic rings. The van der Waals surface area contributed by atoms with Crippen molar-refractivity contribution in [2.45, 2.75) is 6.92 Å². The van der Waals surface area contributed by atoms with Gasteiger partial charge in [-0.3, -0.25) is 5.32 Å². The molecule has 0 aliphatic carbocycles. The summed E-state index contributed by atoms with van der Waals surface area (Å²) in [5, 5.41) is 2.51. The van der Waals surface area contributed by atoms with E-state index in [0.29, 0.717) is 12.4 Å². The van der Waals surface area contributed by atoms with Crippen LogP contribution in [0, 0.1) is 6.92 Å². The van der Waals surface area contributed by atoms with E-state index in [-0.39, 0.29) is 6.61 Å². The highest BCUT2D eigenvalue weighted by atomic mass is 16.6. The largest absolute Gasteiger partial charge is 0.447 e. The van der Waals surface area contributed by atoms with E-state index >= 15 is 0 Å². The Morgan fingerprint density at radius 1 is 1.53 bits per heavy atom. The van der Waals surface area contributed by atoms with Gasteiger partial charge in [0.25, 0.3) is 0 Å². The molecule has 5 heteroatoms. The lowest BCUT2D eigenvalue weighted by atomic mass is 10.3. The van der Waals surface area contributed by atoms with Gasteiger partial charge in [-0.05, 0) is 24.6 Å². The van der Waals surface area contributed by atoms with Crippen LogP contribution in [0.2, 0.25) is 0 Å². The molecule has 0 aromatic carbocycles. The molecule has 0 unspecified atom stereocenters. The SMILES string of the molecule is COCCOC(=O)Nc1cc(C)ccn1. The molecule has 0 bridgehead atoms. The molecule has 0 saturated carbocycles. The van der Waals surface area contributed by atoms with E-state index in [1.807, 2.05) is 13.0 Å². The van der Waals surface area contributed by atoms with Crippen molar-refractivity contribution in [1.82, 2.24) is 4.98 Å². The summed E-state index contributed by atoms with van der Waals surface area (Å²) in [6.45, 7) is 2.53. The van der Waals surface area contributed by atoms with Crippen molar-refractivity contribution < 1.29 is 14.3 Å². The van der Waals surface area contributed by atoms with Crippen LogP contribution < -0.4 is 5.32 Å². The molecule has 1 aromatic heterocycles. The molecule has 1 rings (SSSR count). The Kier molecular flexibility index (Phi) is 4.56. The molecule has 0 radical (unpaired) electrons. The fourth-order valence-corrected chi connectivity index (χ4v) is 0.963. The highest BCUT2D eigenvalue weighted by molar-refractivity contribution is 5.83. The lowest BCUT2D eigenvalue weighted by Gasteiger charge is -2.05. The van der Waals surface area contributed by atoms with Crippen LogP contribution in [-0.4, -0.2) is 31.4 Å². The molecular weight excluding hydrogens is 196 g/mol. The number of pyridine rings is 1. The summed E-state index contributed by atoms with van der Waals surface area (Å²) in [6.07, 6.45) is 1.10. The van der Waals surface area contributed by atoms with Gasteiger partial charge in [-0.2, -0.15) is 0 Å². The quantitative estimate of drug-likeness (QED) is 0.766. The van der Waals surface area contributed by atoms with Crippen molar-refractivity contribution in [1.29, 1.82) is 0 Å². The maximum Gasteiger partial charge on any atom is 0.412 e. The minimum Gasteiger partial charge on any atom is -0.447 e. The van der Waals surface area contributed by atoms with E-state index in [1.165, 1.54) is 0 Å². The van der Waals surface area contributed by atoms with Gasteiger partial charge in [-0.1, -0.05) is 0 Å². The Bertz CT molecular complexity index is 328. The second-order valence-electron chi connectivity index (χ2n) is 2.97. The summed E-state index contributed by atoms with van der Waals surface area (Å²) < 4.78 is 9.55. The van der Waals surface area contributed by atoms with Crippen molar-refractivity contribution in [3.63, 3.8) is 0 Å². The molecule has 5 nitrogen and oxygen atoms in total.